The highest BCUT2D eigenvalue weighted by Gasteiger charge is 2.39. The average Bonchev–Trinajstić information content (AvgIpc) is 2.81. The van der Waals surface area contributed by atoms with Crippen LogP contribution in [0, 0.1) is 0 Å². The summed E-state index contributed by atoms with van der Waals surface area (Å²) in [7, 11) is 1.63. The van der Waals surface area contributed by atoms with Crippen LogP contribution in [0.15, 0.2) is 54.6 Å². The highest BCUT2D eigenvalue weighted by molar-refractivity contribution is 7.80. The lowest BCUT2D eigenvalue weighted by atomic mass is 10.2. The van der Waals surface area contributed by atoms with Crippen molar-refractivity contribution in [1.29, 1.82) is 0 Å². The van der Waals surface area contributed by atoms with E-state index in [4.69, 9.17) is 17.0 Å². The van der Waals surface area contributed by atoms with Gasteiger partial charge < -0.3 is 9.64 Å². The lowest BCUT2D eigenvalue weighted by molar-refractivity contribution is -0.128. The quantitative estimate of drug-likeness (QED) is 0.783. The van der Waals surface area contributed by atoms with E-state index < -0.39 is 0 Å². The first kappa shape index (κ1) is 16.5. The van der Waals surface area contributed by atoms with Crippen LogP contribution in [0.1, 0.15) is 18.1 Å². The SMILES string of the molecule is COc1cccc(CN2C(=O)C(C)N(Cc3ccccc3)C2=S)c1. The molecule has 1 heterocycles. The maximum absolute atomic E-state index is 12.6. The number of rotatable bonds is 5. The maximum Gasteiger partial charge on any atom is 0.251 e. The normalized spacial score (nSPS) is 17.5. The van der Waals surface area contributed by atoms with Gasteiger partial charge in [0.1, 0.15) is 11.8 Å². The minimum atomic E-state index is -0.247. The smallest absolute Gasteiger partial charge is 0.251 e. The first-order valence-electron chi connectivity index (χ1n) is 7.89. The molecule has 0 aliphatic carbocycles. The van der Waals surface area contributed by atoms with Gasteiger partial charge in [-0.1, -0.05) is 42.5 Å². The van der Waals surface area contributed by atoms with Crippen molar-refractivity contribution in [2.45, 2.75) is 26.1 Å². The van der Waals surface area contributed by atoms with Crippen LogP contribution in [-0.4, -0.2) is 34.0 Å². The maximum atomic E-state index is 12.6. The molecule has 1 unspecified atom stereocenters. The van der Waals surface area contributed by atoms with Gasteiger partial charge in [0.15, 0.2) is 5.11 Å². The Morgan fingerprint density at radius 1 is 1.04 bits per heavy atom. The van der Waals surface area contributed by atoms with E-state index in [1.165, 1.54) is 0 Å². The first-order chi connectivity index (χ1) is 11.6. The number of nitrogens with zero attached hydrogens (tertiary/aromatic N) is 2. The molecule has 4 nitrogen and oxygen atoms in total. The Bertz CT molecular complexity index is 748. The van der Waals surface area contributed by atoms with Gasteiger partial charge in [-0.3, -0.25) is 9.69 Å². The van der Waals surface area contributed by atoms with E-state index in [1.54, 1.807) is 12.0 Å². The molecule has 0 bridgehead atoms. The summed E-state index contributed by atoms with van der Waals surface area (Å²) in [5, 5.41) is 0.583. The molecule has 1 aliphatic heterocycles. The third-order valence-electron chi connectivity index (χ3n) is 4.24. The zero-order chi connectivity index (χ0) is 17.1. The molecule has 0 saturated carbocycles. The predicted molar refractivity (Wildman–Crippen MR) is 97.6 cm³/mol. The van der Waals surface area contributed by atoms with E-state index in [-0.39, 0.29) is 11.9 Å². The molecule has 124 valence electrons. The fourth-order valence-corrected chi connectivity index (χ4v) is 3.23. The summed E-state index contributed by atoms with van der Waals surface area (Å²) < 4.78 is 5.25. The minimum absolute atomic E-state index is 0.0405. The molecule has 1 atom stereocenters. The van der Waals surface area contributed by atoms with Crippen molar-refractivity contribution in [2.75, 3.05) is 7.11 Å². The third kappa shape index (κ3) is 3.26. The zero-order valence-corrected chi connectivity index (χ0v) is 14.6. The fraction of sp³-hybridized carbons (Fsp3) is 0.263. The van der Waals surface area contributed by atoms with Gasteiger partial charge in [-0.2, -0.15) is 0 Å². The molecule has 0 aromatic heterocycles. The molecule has 1 fully saturated rings. The Balaban J connectivity index is 1.77. The number of hydrogen-bond donors (Lipinski definition) is 0. The molecule has 3 rings (SSSR count). The molecule has 1 aliphatic rings. The predicted octanol–water partition coefficient (Wildman–Crippen LogP) is 3.21. The van der Waals surface area contributed by atoms with E-state index in [1.807, 2.05) is 66.4 Å². The molecular weight excluding hydrogens is 320 g/mol. The van der Waals surface area contributed by atoms with Crippen LogP contribution in [0.4, 0.5) is 0 Å². The van der Waals surface area contributed by atoms with Crippen LogP contribution >= 0.6 is 12.2 Å². The van der Waals surface area contributed by atoms with Gasteiger partial charge in [-0.05, 0) is 42.4 Å². The summed E-state index contributed by atoms with van der Waals surface area (Å²) in [6, 6.07) is 17.5. The summed E-state index contributed by atoms with van der Waals surface area (Å²) in [5.74, 6) is 0.818. The van der Waals surface area contributed by atoms with Crippen molar-refractivity contribution in [1.82, 2.24) is 9.80 Å². The second-order valence-electron chi connectivity index (χ2n) is 5.85. The van der Waals surface area contributed by atoms with Gasteiger partial charge in [-0.15, -0.1) is 0 Å². The second-order valence-corrected chi connectivity index (χ2v) is 6.21. The number of ether oxygens (including phenoxy) is 1. The third-order valence-corrected chi connectivity index (χ3v) is 4.69. The van der Waals surface area contributed by atoms with E-state index in [2.05, 4.69) is 0 Å². The molecule has 0 spiro atoms. The number of methoxy groups -OCH3 is 1. The molecule has 0 N–H and O–H groups in total. The highest BCUT2D eigenvalue weighted by atomic mass is 32.1. The fourth-order valence-electron chi connectivity index (χ4n) is 2.86. The number of amides is 1. The zero-order valence-electron chi connectivity index (χ0n) is 13.8. The van der Waals surface area contributed by atoms with Gasteiger partial charge in [0.05, 0.1) is 13.7 Å². The molecule has 0 radical (unpaired) electrons. The highest BCUT2D eigenvalue weighted by Crippen LogP contribution is 2.24. The van der Waals surface area contributed by atoms with E-state index in [0.717, 1.165) is 16.9 Å². The number of carbonyl (C=O) groups is 1. The number of benzene rings is 2. The van der Waals surface area contributed by atoms with Crippen LogP contribution in [0.25, 0.3) is 0 Å². The summed E-state index contributed by atoms with van der Waals surface area (Å²) in [6.45, 7) is 3.01. The summed E-state index contributed by atoms with van der Waals surface area (Å²) in [4.78, 5) is 16.3. The standard InChI is InChI=1S/C19H20N2O2S/c1-14-18(22)21(13-16-9-6-10-17(11-16)23-2)19(24)20(14)12-15-7-4-3-5-8-15/h3-11,14H,12-13H2,1-2H3. The van der Waals surface area contributed by atoms with E-state index >= 15 is 0 Å². The molecule has 5 heteroatoms. The summed E-state index contributed by atoms with van der Waals surface area (Å²) in [5.41, 5.74) is 2.14. The summed E-state index contributed by atoms with van der Waals surface area (Å²) >= 11 is 5.58. The van der Waals surface area contributed by atoms with Crippen LogP contribution < -0.4 is 4.74 Å². The Labute approximate surface area is 147 Å². The van der Waals surface area contributed by atoms with Crippen molar-refractivity contribution in [2.24, 2.45) is 0 Å². The molecular formula is C19H20N2O2S. The van der Waals surface area contributed by atoms with Crippen molar-refractivity contribution in [3.05, 3.63) is 65.7 Å². The Kier molecular flexibility index (Phi) is 4.81. The van der Waals surface area contributed by atoms with Crippen LogP contribution in [0.5, 0.6) is 5.75 Å². The second kappa shape index (κ2) is 7.01. The Hall–Kier alpha value is -2.40. The van der Waals surface area contributed by atoms with Gasteiger partial charge in [0, 0.05) is 6.54 Å². The van der Waals surface area contributed by atoms with Gasteiger partial charge in [-0.25, -0.2) is 0 Å². The van der Waals surface area contributed by atoms with Crippen molar-refractivity contribution in [3.8, 4) is 5.75 Å². The Morgan fingerprint density at radius 3 is 2.46 bits per heavy atom. The summed E-state index contributed by atoms with van der Waals surface area (Å²) in [6.07, 6.45) is 0. The van der Waals surface area contributed by atoms with Gasteiger partial charge in [0.2, 0.25) is 0 Å². The lowest BCUT2D eigenvalue weighted by Crippen LogP contribution is -2.33. The minimum Gasteiger partial charge on any atom is -0.497 e. The number of carbonyl (C=O) groups excluding carboxylic acids is 1. The van der Waals surface area contributed by atoms with Crippen molar-refractivity contribution < 1.29 is 9.53 Å². The van der Waals surface area contributed by atoms with Gasteiger partial charge in [0.25, 0.3) is 5.91 Å². The van der Waals surface area contributed by atoms with Crippen molar-refractivity contribution >= 4 is 23.2 Å². The monoisotopic (exact) mass is 340 g/mol. The van der Waals surface area contributed by atoms with E-state index in [9.17, 15) is 4.79 Å². The topological polar surface area (TPSA) is 32.8 Å². The largest absolute Gasteiger partial charge is 0.497 e. The lowest BCUT2D eigenvalue weighted by Gasteiger charge is -2.22. The van der Waals surface area contributed by atoms with Crippen LogP contribution in [0.2, 0.25) is 0 Å². The first-order valence-corrected chi connectivity index (χ1v) is 8.30. The molecule has 2 aromatic carbocycles. The number of thiocarbonyl (C=S) groups is 1. The van der Waals surface area contributed by atoms with Crippen LogP contribution in [-0.2, 0) is 17.9 Å². The Morgan fingerprint density at radius 2 is 1.75 bits per heavy atom. The van der Waals surface area contributed by atoms with Crippen LogP contribution in [0.3, 0.4) is 0 Å². The number of hydrogen-bond acceptors (Lipinski definition) is 3. The van der Waals surface area contributed by atoms with Crippen molar-refractivity contribution in [3.63, 3.8) is 0 Å². The van der Waals surface area contributed by atoms with E-state index in [0.29, 0.717) is 18.2 Å². The molecule has 24 heavy (non-hydrogen) atoms. The molecule has 1 amide bonds. The van der Waals surface area contributed by atoms with Gasteiger partial charge >= 0.3 is 0 Å². The molecule has 2 aromatic rings. The molecule has 1 saturated heterocycles. The average molecular weight is 340 g/mol.